The summed E-state index contributed by atoms with van der Waals surface area (Å²) in [6, 6.07) is 13.4. The van der Waals surface area contributed by atoms with Crippen molar-refractivity contribution in [2.45, 2.75) is 0 Å². The topological polar surface area (TPSA) is 137 Å². The predicted molar refractivity (Wildman–Crippen MR) is 128 cm³/mol. The van der Waals surface area contributed by atoms with Crippen LogP contribution in [0.2, 0.25) is 0 Å². The maximum atomic E-state index is 11.6. The number of methoxy groups -OCH3 is 4. The lowest BCUT2D eigenvalue weighted by Gasteiger charge is -2.14. The normalized spacial score (nSPS) is 10.9. The number of ether oxygens (including phenoxy) is 6. The van der Waals surface area contributed by atoms with E-state index in [1.165, 1.54) is 40.6 Å². The Morgan fingerprint density at radius 3 is 1.39 bits per heavy atom. The van der Waals surface area contributed by atoms with Gasteiger partial charge in [-0.25, -0.2) is 9.59 Å². The van der Waals surface area contributed by atoms with E-state index < -0.39 is 11.9 Å². The Hall–Kier alpha value is -4.96. The van der Waals surface area contributed by atoms with Crippen LogP contribution in [0.15, 0.2) is 47.5 Å². The Kier molecular flexibility index (Phi) is 10.4. The number of nitrogens with zero attached hydrogens (tertiary/aromatic N) is 2. The van der Waals surface area contributed by atoms with Gasteiger partial charge in [-0.15, -0.1) is 0 Å². The molecule has 0 saturated carbocycles. The number of rotatable bonds is 11. The molecule has 0 bridgehead atoms. The summed E-state index contributed by atoms with van der Waals surface area (Å²) in [6.45, 7) is 0.339. The number of hydrogen-bond donors (Lipinski definition) is 0. The summed E-state index contributed by atoms with van der Waals surface area (Å²) in [6.07, 6.45) is 2.77. The van der Waals surface area contributed by atoms with Gasteiger partial charge in [0.25, 0.3) is 0 Å². The van der Waals surface area contributed by atoms with E-state index in [2.05, 4.69) is 9.47 Å². The SMILES string of the molecule is COC(=O)C(C#N)=Cc1ccc(OCCOc2ccc(C=C(C#N)C(=O)OC)cc2OC)c(OC)c1. The van der Waals surface area contributed by atoms with E-state index in [0.29, 0.717) is 34.1 Å². The predicted octanol–water partition coefficient (Wildman–Crippen LogP) is 3.32. The molecule has 0 heterocycles. The largest absolute Gasteiger partial charge is 0.493 e. The molecule has 0 atom stereocenters. The van der Waals surface area contributed by atoms with Crippen molar-refractivity contribution in [1.82, 2.24) is 0 Å². The number of benzene rings is 2. The quantitative estimate of drug-likeness (QED) is 0.199. The van der Waals surface area contributed by atoms with Gasteiger partial charge in [-0.05, 0) is 47.5 Å². The molecule has 2 rings (SSSR count). The van der Waals surface area contributed by atoms with E-state index in [9.17, 15) is 9.59 Å². The molecule has 0 saturated heterocycles. The van der Waals surface area contributed by atoms with Crippen LogP contribution in [0.25, 0.3) is 12.2 Å². The second-order valence-corrected chi connectivity index (χ2v) is 6.84. The molecule has 10 heteroatoms. The molecule has 0 aliphatic carbocycles. The zero-order valence-corrected chi connectivity index (χ0v) is 20.2. The lowest BCUT2D eigenvalue weighted by Crippen LogP contribution is -2.10. The molecule has 0 aliphatic rings. The van der Waals surface area contributed by atoms with Gasteiger partial charge in [0.2, 0.25) is 0 Å². The number of carbonyl (C=O) groups excluding carboxylic acids is 2. The molecule has 2 aromatic rings. The first-order valence-corrected chi connectivity index (χ1v) is 10.4. The van der Waals surface area contributed by atoms with Crippen molar-refractivity contribution in [3.63, 3.8) is 0 Å². The lowest BCUT2D eigenvalue weighted by molar-refractivity contribution is -0.136. The maximum Gasteiger partial charge on any atom is 0.348 e. The Labute approximate surface area is 208 Å². The van der Waals surface area contributed by atoms with Crippen molar-refractivity contribution in [2.75, 3.05) is 41.7 Å². The Bertz CT molecular complexity index is 1150. The molecular formula is C26H24N2O8. The molecule has 0 fully saturated rings. The summed E-state index contributed by atoms with van der Waals surface area (Å²) >= 11 is 0. The van der Waals surface area contributed by atoms with Crippen LogP contribution >= 0.6 is 0 Å². The molecule has 0 spiro atoms. The monoisotopic (exact) mass is 492 g/mol. The van der Waals surface area contributed by atoms with Crippen molar-refractivity contribution < 1.29 is 38.0 Å². The smallest absolute Gasteiger partial charge is 0.348 e. The number of nitriles is 2. The summed E-state index contributed by atoms with van der Waals surface area (Å²) in [7, 11) is 5.33. The second-order valence-electron chi connectivity index (χ2n) is 6.84. The zero-order valence-electron chi connectivity index (χ0n) is 20.2. The highest BCUT2D eigenvalue weighted by molar-refractivity contribution is 5.98. The Morgan fingerprint density at radius 2 is 1.08 bits per heavy atom. The van der Waals surface area contributed by atoms with Gasteiger partial charge in [0, 0.05) is 0 Å². The Morgan fingerprint density at radius 1 is 0.694 bits per heavy atom. The minimum Gasteiger partial charge on any atom is -0.493 e. The van der Waals surface area contributed by atoms with Crippen LogP contribution in [0.5, 0.6) is 23.0 Å². The van der Waals surface area contributed by atoms with Gasteiger partial charge in [-0.1, -0.05) is 12.1 Å². The van der Waals surface area contributed by atoms with Crippen LogP contribution in [-0.2, 0) is 19.1 Å². The fourth-order valence-electron chi connectivity index (χ4n) is 2.92. The fraction of sp³-hybridized carbons (Fsp3) is 0.231. The standard InChI is InChI=1S/C26H24N2O8/c1-31-23-13-17(11-19(15-27)25(29)33-3)5-7-21(23)35-9-10-36-22-8-6-18(14-24(22)32-2)12-20(16-28)26(30)34-4/h5-8,11-14H,9-10H2,1-4H3. The molecule has 0 aromatic heterocycles. The average molecular weight is 492 g/mol. The maximum absolute atomic E-state index is 11.6. The minimum atomic E-state index is -0.734. The highest BCUT2D eigenvalue weighted by Gasteiger charge is 2.12. The number of carbonyl (C=O) groups is 2. The van der Waals surface area contributed by atoms with Gasteiger partial charge >= 0.3 is 11.9 Å². The van der Waals surface area contributed by atoms with E-state index in [4.69, 9.17) is 29.5 Å². The summed E-state index contributed by atoms with van der Waals surface area (Å²) in [5, 5.41) is 18.2. The third-order valence-corrected chi connectivity index (χ3v) is 4.65. The molecule has 36 heavy (non-hydrogen) atoms. The van der Waals surface area contributed by atoms with Gasteiger partial charge in [-0.3, -0.25) is 0 Å². The zero-order chi connectivity index (χ0) is 26.5. The highest BCUT2D eigenvalue weighted by atomic mass is 16.6. The highest BCUT2D eigenvalue weighted by Crippen LogP contribution is 2.31. The van der Waals surface area contributed by atoms with Crippen molar-refractivity contribution >= 4 is 24.1 Å². The lowest BCUT2D eigenvalue weighted by atomic mass is 10.1. The van der Waals surface area contributed by atoms with Crippen LogP contribution in [-0.4, -0.2) is 53.6 Å². The van der Waals surface area contributed by atoms with E-state index in [1.54, 1.807) is 48.5 Å². The number of hydrogen-bond acceptors (Lipinski definition) is 10. The van der Waals surface area contributed by atoms with Crippen molar-refractivity contribution in [3.8, 4) is 35.1 Å². The van der Waals surface area contributed by atoms with Gasteiger partial charge in [-0.2, -0.15) is 10.5 Å². The van der Waals surface area contributed by atoms with E-state index in [0.717, 1.165) is 0 Å². The van der Waals surface area contributed by atoms with E-state index in [1.807, 2.05) is 0 Å². The van der Waals surface area contributed by atoms with Crippen molar-refractivity contribution in [3.05, 3.63) is 58.7 Å². The molecule has 0 unspecified atom stereocenters. The van der Waals surface area contributed by atoms with Crippen LogP contribution in [0, 0.1) is 22.7 Å². The third-order valence-electron chi connectivity index (χ3n) is 4.65. The fourth-order valence-corrected chi connectivity index (χ4v) is 2.92. The summed E-state index contributed by atoms with van der Waals surface area (Å²) in [4.78, 5) is 23.2. The van der Waals surface area contributed by atoms with Crippen LogP contribution in [0.4, 0.5) is 0 Å². The van der Waals surface area contributed by atoms with Gasteiger partial charge in [0.1, 0.15) is 36.5 Å². The van der Waals surface area contributed by atoms with E-state index >= 15 is 0 Å². The first kappa shape index (κ1) is 27.3. The average Bonchev–Trinajstić information content (AvgIpc) is 2.92. The minimum absolute atomic E-state index is 0.147. The van der Waals surface area contributed by atoms with Crippen LogP contribution in [0.1, 0.15) is 11.1 Å². The van der Waals surface area contributed by atoms with Gasteiger partial charge in [0.05, 0.1) is 28.4 Å². The van der Waals surface area contributed by atoms with Crippen LogP contribution < -0.4 is 18.9 Å². The second kappa shape index (κ2) is 13.7. The molecule has 0 aliphatic heterocycles. The van der Waals surface area contributed by atoms with E-state index in [-0.39, 0.29) is 24.4 Å². The summed E-state index contributed by atoms with van der Waals surface area (Å²) in [5.41, 5.74) is 0.823. The molecule has 186 valence electrons. The van der Waals surface area contributed by atoms with Crippen molar-refractivity contribution in [1.29, 1.82) is 10.5 Å². The molecule has 0 N–H and O–H groups in total. The molecule has 0 radical (unpaired) electrons. The van der Waals surface area contributed by atoms with Crippen LogP contribution in [0.3, 0.4) is 0 Å². The third kappa shape index (κ3) is 7.27. The first-order chi connectivity index (χ1) is 17.4. The molecule has 2 aromatic carbocycles. The molecule has 10 nitrogen and oxygen atoms in total. The molecular weight excluding hydrogens is 468 g/mol. The Balaban J connectivity index is 2.06. The summed E-state index contributed by atoms with van der Waals surface area (Å²) < 4.78 is 31.3. The summed E-state index contributed by atoms with van der Waals surface area (Å²) in [5.74, 6) is 0.213. The first-order valence-electron chi connectivity index (χ1n) is 10.4. The van der Waals surface area contributed by atoms with Crippen molar-refractivity contribution in [2.24, 2.45) is 0 Å². The molecule has 0 amide bonds. The van der Waals surface area contributed by atoms with Gasteiger partial charge < -0.3 is 28.4 Å². The van der Waals surface area contributed by atoms with Gasteiger partial charge in [0.15, 0.2) is 23.0 Å². The number of esters is 2.